The molecule has 3 heteroatoms. The van der Waals surface area contributed by atoms with E-state index in [1.165, 1.54) is 12.3 Å². The van der Waals surface area contributed by atoms with Crippen molar-refractivity contribution in [3.63, 3.8) is 0 Å². The zero-order chi connectivity index (χ0) is 12.5. The molecule has 18 heavy (non-hydrogen) atoms. The van der Waals surface area contributed by atoms with Crippen LogP contribution in [0.15, 0.2) is 48.7 Å². The molecule has 0 radical (unpaired) electrons. The molecule has 3 rings (SSSR count). The lowest BCUT2D eigenvalue weighted by atomic mass is 10.1. The van der Waals surface area contributed by atoms with E-state index in [1.807, 2.05) is 34.7 Å². The van der Waals surface area contributed by atoms with Gasteiger partial charge >= 0.3 is 0 Å². The Bertz CT molecular complexity index is 686. The van der Waals surface area contributed by atoms with Gasteiger partial charge in [0.1, 0.15) is 11.5 Å². The molecule has 0 saturated carbocycles. The molecule has 0 fully saturated rings. The van der Waals surface area contributed by atoms with E-state index >= 15 is 0 Å². The number of rotatable bonds is 2. The summed E-state index contributed by atoms with van der Waals surface area (Å²) in [5.41, 5.74) is 3.82. The lowest BCUT2D eigenvalue weighted by Crippen LogP contribution is -1.93. The Kier molecular flexibility index (Phi) is 2.59. The maximum Gasteiger partial charge on any atom is 0.139 e. The normalized spacial score (nSPS) is 11.0. The van der Waals surface area contributed by atoms with E-state index in [9.17, 15) is 4.39 Å². The van der Waals surface area contributed by atoms with Crippen LogP contribution in [-0.4, -0.2) is 9.38 Å². The molecule has 0 saturated heterocycles. The van der Waals surface area contributed by atoms with Gasteiger partial charge in [0.15, 0.2) is 0 Å². The Morgan fingerprint density at radius 2 is 1.89 bits per heavy atom. The second-order valence-corrected chi connectivity index (χ2v) is 4.20. The van der Waals surface area contributed by atoms with Gasteiger partial charge in [0.05, 0.1) is 11.4 Å². The summed E-state index contributed by atoms with van der Waals surface area (Å²) in [6.07, 6.45) is 2.31. The first-order valence-corrected chi connectivity index (χ1v) is 6.01. The lowest BCUT2D eigenvalue weighted by Gasteiger charge is -2.02. The number of fused-ring (bicyclic) bond motifs is 1. The molecule has 90 valence electrons. The van der Waals surface area contributed by atoms with Crippen LogP contribution in [0.25, 0.3) is 16.9 Å². The first kappa shape index (κ1) is 11.0. The molecule has 3 aromatic rings. The van der Waals surface area contributed by atoms with Crippen molar-refractivity contribution in [3.8, 4) is 11.3 Å². The molecule has 2 aromatic heterocycles. The third-order valence-electron chi connectivity index (χ3n) is 3.06. The van der Waals surface area contributed by atoms with Crippen LogP contribution in [0.2, 0.25) is 0 Å². The summed E-state index contributed by atoms with van der Waals surface area (Å²) in [4.78, 5) is 4.59. The third-order valence-corrected chi connectivity index (χ3v) is 3.06. The molecule has 1 aromatic carbocycles. The molecular weight excluding hydrogens is 227 g/mol. The van der Waals surface area contributed by atoms with Crippen molar-refractivity contribution in [2.24, 2.45) is 0 Å². The highest BCUT2D eigenvalue weighted by Gasteiger charge is 2.12. The number of hydrogen-bond acceptors (Lipinski definition) is 1. The molecule has 0 atom stereocenters. The van der Waals surface area contributed by atoms with Crippen molar-refractivity contribution in [2.45, 2.75) is 13.3 Å². The van der Waals surface area contributed by atoms with Gasteiger partial charge in [-0.05, 0) is 18.6 Å². The summed E-state index contributed by atoms with van der Waals surface area (Å²) in [5.74, 6) is -0.241. The summed E-state index contributed by atoms with van der Waals surface area (Å²) >= 11 is 0. The standard InChI is InChI=1S/C15H13FN2/c1-2-13-15(11-6-4-3-5-7-11)17-14-9-8-12(16)10-18(13)14/h3-10H,2H2,1H3. The molecule has 0 aliphatic heterocycles. The molecule has 0 bridgehead atoms. The highest BCUT2D eigenvalue weighted by atomic mass is 19.1. The second kappa shape index (κ2) is 4.26. The number of halogens is 1. The zero-order valence-corrected chi connectivity index (χ0v) is 10.1. The number of imidazole rings is 1. The minimum Gasteiger partial charge on any atom is -0.300 e. The summed E-state index contributed by atoms with van der Waals surface area (Å²) < 4.78 is 15.1. The number of hydrogen-bond donors (Lipinski definition) is 0. The Morgan fingerprint density at radius 3 is 2.61 bits per heavy atom. The predicted molar refractivity (Wildman–Crippen MR) is 70.0 cm³/mol. The summed E-state index contributed by atoms with van der Waals surface area (Å²) in [6.45, 7) is 2.06. The first-order chi connectivity index (χ1) is 8.79. The van der Waals surface area contributed by atoms with Gasteiger partial charge in [0.25, 0.3) is 0 Å². The molecule has 0 unspecified atom stereocenters. The Morgan fingerprint density at radius 1 is 1.11 bits per heavy atom. The van der Waals surface area contributed by atoms with E-state index in [0.29, 0.717) is 0 Å². The largest absolute Gasteiger partial charge is 0.300 e. The molecule has 0 amide bonds. The topological polar surface area (TPSA) is 17.3 Å². The first-order valence-electron chi connectivity index (χ1n) is 6.01. The minimum absolute atomic E-state index is 0.241. The van der Waals surface area contributed by atoms with Crippen molar-refractivity contribution in [1.29, 1.82) is 0 Å². The second-order valence-electron chi connectivity index (χ2n) is 4.20. The van der Waals surface area contributed by atoms with Crippen molar-refractivity contribution in [2.75, 3.05) is 0 Å². The van der Waals surface area contributed by atoms with Gasteiger partial charge in [-0.15, -0.1) is 0 Å². The van der Waals surface area contributed by atoms with Crippen LogP contribution >= 0.6 is 0 Å². The van der Waals surface area contributed by atoms with Gasteiger partial charge in [-0.2, -0.15) is 0 Å². The van der Waals surface area contributed by atoms with E-state index < -0.39 is 0 Å². The SMILES string of the molecule is CCc1c(-c2ccccc2)nc2ccc(F)cn12. The quantitative estimate of drug-likeness (QED) is 0.667. The van der Waals surface area contributed by atoms with Crippen LogP contribution < -0.4 is 0 Å². The number of benzene rings is 1. The van der Waals surface area contributed by atoms with Crippen LogP contribution in [0.5, 0.6) is 0 Å². The van der Waals surface area contributed by atoms with E-state index in [0.717, 1.165) is 29.0 Å². The molecule has 0 spiro atoms. The van der Waals surface area contributed by atoms with Crippen molar-refractivity contribution >= 4 is 5.65 Å². The minimum atomic E-state index is -0.241. The summed E-state index contributed by atoms with van der Waals surface area (Å²) in [6, 6.07) is 13.1. The maximum absolute atomic E-state index is 13.3. The highest BCUT2D eigenvalue weighted by molar-refractivity contribution is 5.66. The van der Waals surface area contributed by atoms with Gasteiger partial charge < -0.3 is 4.40 Å². The molecular formula is C15H13FN2. The van der Waals surface area contributed by atoms with Crippen molar-refractivity contribution in [1.82, 2.24) is 9.38 Å². The van der Waals surface area contributed by atoms with Crippen molar-refractivity contribution in [3.05, 3.63) is 60.2 Å². The Labute approximate surface area is 105 Å². The zero-order valence-electron chi connectivity index (χ0n) is 10.1. The summed E-state index contributed by atoms with van der Waals surface area (Å²) in [5, 5.41) is 0. The Balaban J connectivity index is 2.30. The molecule has 0 N–H and O–H groups in total. The van der Waals surface area contributed by atoms with Crippen molar-refractivity contribution < 1.29 is 4.39 Å². The van der Waals surface area contributed by atoms with Crippen LogP contribution in [0.4, 0.5) is 4.39 Å². The van der Waals surface area contributed by atoms with Gasteiger partial charge in [0.2, 0.25) is 0 Å². The smallest absolute Gasteiger partial charge is 0.139 e. The summed E-state index contributed by atoms with van der Waals surface area (Å²) in [7, 11) is 0. The fraction of sp³-hybridized carbons (Fsp3) is 0.133. The fourth-order valence-corrected chi connectivity index (χ4v) is 2.23. The predicted octanol–water partition coefficient (Wildman–Crippen LogP) is 3.70. The van der Waals surface area contributed by atoms with E-state index in [2.05, 4.69) is 11.9 Å². The third kappa shape index (κ3) is 1.68. The van der Waals surface area contributed by atoms with E-state index in [4.69, 9.17) is 0 Å². The molecule has 2 nitrogen and oxygen atoms in total. The highest BCUT2D eigenvalue weighted by Crippen LogP contribution is 2.24. The molecule has 2 heterocycles. The number of aromatic nitrogens is 2. The lowest BCUT2D eigenvalue weighted by molar-refractivity contribution is 0.618. The maximum atomic E-state index is 13.3. The van der Waals surface area contributed by atoms with Crippen LogP contribution in [0.1, 0.15) is 12.6 Å². The molecule has 0 aliphatic rings. The van der Waals surface area contributed by atoms with Gasteiger partial charge in [0, 0.05) is 11.8 Å². The number of nitrogens with zero attached hydrogens (tertiary/aromatic N) is 2. The average Bonchev–Trinajstić information content (AvgIpc) is 2.77. The van der Waals surface area contributed by atoms with E-state index in [-0.39, 0.29) is 5.82 Å². The van der Waals surface area contributed by atoms with Crippen LogP contribution in [0.3, 0.4) is 0 Å². The van der Waals surface area contributed by atoms with Gasteiger partial charge in [-0.3, -0.25) is 0 Å². The fourth-order valence-electron chi connectivity index (χ4n) is 2.23. The van der Waals surface area contributed by atoms with Crippen LogP contribution in [0, 0.1) is 5.82 Å². The van der Waals surface area contributed by atoms with E-state index in [1.54, 1.807) is 6.07 Å². The Hall–Kier alpha value is -2.16. The van der Waals surface area contributed by atoms with Crippen LogP contribution in [-0.2, 0) is 6.42 Å². The number of aryl methyl sites for hydroxylation is 1. The van der Waals surface area contributed by atoms with Gasteiger partial charge in [-0.25, -0.2) is 9.37 Å². The average molecular weight is 240 g/mol. The number of pyridine rings is 1. The monoisotopic (exact) mass is 240 g/mol. The van der Waals surface area contributed by atoms with Gasteiger partial charge in [-0.1, -0.05) is 37.3 Å². The molecule has 0 aliphatic carbocycles.